The molecule has 2 N–H and O–H groups in total. The van der Waals surface area contributed by atoms with Gasteiger partial charge in [-0.15, -0.1) is 0 Å². The topological polar surface area (TPSA) is 106 Å². The van der Waals surface area contributed by atoms with Crippen LogP contribution in [0.2, 0.25) is 0 Å². The van der Waals surface area contributed by atoms with Gasteiger partial charge < -0.3 is 19.3 Å². The van der Waals surface area contributed by atoms with E-state index in [9.17, 15) is 13.6 Å². The molecule has 41 heavy (non-hydrogen) atoms. The second-order valence-corrected chi connectivity index (χ2v) is 10.1. The largest absolute Gasteiger partial charge is 0.476 e. The van der Waals surface area contributed by atoms with E-state index in [4.69, 9.17) is 13.9 Å². The first kappa shape index (κ1) is 31.6. The number of rotatable bonds is 15. The minimum absolute atomic E-state index is 0.0429. The molecule has 0 saturated heterocycles. The van der Waals surface area contributed by atoms with Crippen molar-refractivity contribution in [2.24, 2.45) is 0 Å². The van der Waals surface area contributed by atoms with E-state index in [1.54, 1.807) is 36.0 Å². The van der Waals surface area contributed by atoms with Gasteiger partial charge in [0.2, 0.25) is 0 Å². The van der Waals surface area contributed by atoms with Crippen molar-refractivity contribution >= 4 is 11.7 Å². The van der Waals surface area contributed by atoms with Crippen molar-refractivity contribution < 1.29 is 27.5 Å². The van der Waals surface area contributed by atoms with Crippen LogP contribution in [0, 0.1) is 6.92 Å². The van der Waals surface area contributed by atoms with Gasteiger partial charge in [0.15, 0.2) is 23.1 Å². The molecule has 0 radical (unpaired) electrons. The van der Waals surface area contributed by atoms with Gasteiger partial charge >= 0.3 is 11.9 Å². The molecular weight excluding hydrogens is 530 g/mol. The first-order chi connectivity index (χ1) is 19.7. The van der Waals surface area contributed by atoms with Crippen molar-refractivity contribution in [1.82, 2.24) is 14.8 Å². The first-order valence-electron chi connectivity index (χ1n) is 14.2. The highest BCUT2D eigenvalue weighted by Crippen LogP contribution is 2.28. The number of furan rings is 1. The number of alkyl halides is 2. The fourth-order valence-corrected chi connectivity index (χ4v) is 4.25. The number of carbonyl (C=O) groups is 1. The number of halogens is 2. The zero-order chi connectivity index (χ0) is 29.7. The fourth-order valence-electron chi connectivity index (χ4n) is 4.25. The zero-order valence-corrected chi connectivity index (χ0v) is 24.0. The quantitative estimate of drug-likeness (QED) is 0.138. The van der Waals surface area contributed by atoms with Crippen LogP contribution >= 0.6 is 0 Å². The van der Waals surface area contributed by atoms with E-state index in [2.05, 4.69) is 22.3 Å². The predicted octanol–water partition coefficient (Wildman–Crippen LogP) is 8.54. The van der Waals surface area contributed by atoms with Crippen molar-refractivity contribution in [1.29, 1.82) is 0 Å². The average Bonchev–Trinajstić information content (AvgIpc) is 3.69. The molecule has 0 fully saturated rings. The number of carboxylic acid groups (broad SMARTS) is 1. The average molecular weight is 571 g/mol. The molecule has 0 aliphatic heterocycles. The summed E-state index contributed by atoms with van der Waals surface area (Å²) in [5.74, 6) is -3.21. The lowest BCUT2D eigenvalue weighted by atomic mass is 10.1. The number of anilines is 1. The number of hydrogen-bond donors (Lipinski definition) is 2. The Bertz CT molecular complexity index is 1330. The number of aryl methyl sites for hydroxylation is 1. The maximum absolute atomic E-state index is 13.2. The molecule has 1 aromatic carbocycles. The minimum atomic E-state index is -2.95. The normalized spacial score (nSPS) is 11.2. The third-order valence-corrected chi connectivity index (χ3v) is 6.38. The SMILES string of the molecule is CCCCCCCCCCNc1cnn(Cc2ccc(C(C)(F)F)o2)c1.Cc1nc(C(=O)O)c(-c2ccccc2)o1. The number of oxazole rings is 1. The second-order valence-electron chi connectivity index (χ2n) is 10.1. The summed E-state index contributed by atoms with van der Waals surface area (Å²) in [6.45, 7) is 5.96. The number of aromatic carboxylic acids is 1. The van der Waals surface area contributed by atoms with Gasteiger partial charge in [0.25, 0.3) is 0 Å². The Morgan fingerprint density at radius 2 is 1.68 bits per heavy atom. The van der Waals surface area contributed by atoms with Gasteiger partial charge in [0.05, 0.1) is 18.4 Å². The van der Waals surface area contributed by atoms with E-state index in [0.29, 0.717) is 24.0 Å². The molecule has 0 bridgehead atoms. The molecule has 0 spiro atoms. The van der Waals surface area contributed by atoms with Crippen LogP contribution in [-0.2, 0) is 12.5 Å². The number of unbranched alkanes of at least 4 members (excludes halogenated alkanes) is 7. The predicted molar refractivity (Wildman–Crippen MR) is 154 cm³/mol. The number of carboxylic acids is 1. The Kier molecular flexibility index (Phi) is 12.1. The van der Waals surface area contributed by atoms with Crippen LogP contribution in [0.25, 0.3) is 11.3 Å². The molecule has 3 aromatic heterocycles. The molecule has 222 valence electrons. The summed E-state index contributed by atoms with van der Waals surface area (Å²) in [5, 5.41) is 16.5. The van der Waals surface area contributed by atoms with E-state index >= 15 is 0 Å². The summed E-state index contributed by atoms with van der Waals surface area (Å²) in [4.78, 5) is 14.7. The maximum Gasteiger partial charge on any atom is 0.358 e. The van der Waals surface area contributed by atoms with Gasteiger partial charge in [-0.05, 0) is 18.6 Å². The summed E-state index contributed by atoms with van der Waals surface area (Å²) in [7, 11) is 0. The molecule has 8 nitrogen and oxygen atoms in total. The van der Waals surface area contributed by atoms with Gasteiger partial charge in [0, 0.05) is 32.2 Å². The van der Waals surface area contributed by atoms with Crippen molar-refractivity contribution in [3.8, 4) is 11.3 Å². The highest BCUT2D eigenvalue weighted by molar-refractivity contribution is 5.92. The molecule has 0 atom stereocenters. The van der Waals surface area contributed by atoms with Crippen LogP contribution in [0.15, 0.2) is 63.7 Å². The summed E-state index contributed by atoms with van der Waals surface area (Å²) in [6.07, 6.45) is 14.0. The van der Waals surface area contributed by atoms with E-state index in [-0.39, 0.29) is 11.5 Å². The van der Waals surface area contributed by atoms with Crippen molar-refractivity contribution in [2.45, 2.75) is 84.6 Å². The Labute approximate surface area is 239 Å². The second kappa shape index (κ2) is 15.7. The van der Waals surface area contributed by atoms with Gasteiger partial charge in [-0.25, -0.2) is 9.78 Å². The lowest BCUT2D eigenvalue weighted by Gasteiger charge is -2.05. The van der Waals surface area contributed by atoms with Crippen molar-refractivity contribution in [2.75, 3.05) is 11.9 Å². The molecule has 4 rings (SSSR count). The van der Waals surface area contributed by atoms with Crippen LogP contribution in [-0.4, -0.2) is 32.4 Å². The lowest BCUT2D eigenvalue weighted by molar-refractivity contribution is -0.00637. The Hall–Kier alpha value is -3.95. The molecular formula is C31H40F2N4O4. The molecule has 0 aliphatic carbocycles. The monoisotopic (exact) mass is 570 g/mol. The van der Waals surface area contributed by atoms with Crippen LogP contribution in [0.5, 0.6) is 0 Å². The van der Waals surface area contributed by atoms with Gasteiger partial charge in [-0.3, -0.25) is 4.68 Å². The van der Waals surface area contributed by atoms with Crippen LogP contribution < -0.4 is 5.32 Å². The number of benzene rings is 1. The fraction of sp³-hybridized carbons (Fsp3) is 0.452. The Morgan fingerprint density at radius 1 is 1.00 bits per heavy atom. The summed E-state index contributed by atoms with van der Waals surface area (Å²) in [6, 6.07) is 12.0. The third-order valence-electron chi connectivity index (χ3n) is 6.38. The van der Waals surface area contributed by atoms with Crippen LogP contribution in [0.3, 0.4) is 0 Å². The van der Waals surface area contributed by atoms with Crippen LogP contribution in [0.4, 0.5) is 14.5 Å². The van der Waals surface area contributed by atoms with E-state index < -0.39 is 11.9 Å². The third kappa shape index (κ3) is 10.5. The number of nitrogens with one attached hydrogen (secondary N) is 1. The molecule has 10 heteroatoms. The molecule has 3 heterocycles. The number of hydrogen-bond acceptors (Lipinski definition) is 6. The highest BCUT2D eigenvalue weighted by atomic mass is 19.3. The van der Waals surface area contributed by atoms with Crippen molar-refractivity contribution in [3.63, 3.8) is 0 Å². The molecule has 4 aromatic rings. The zero-order valence-electron chi connectivity index (χ0n) is 24.0. The number of nitrogens with zero attached hydrogens (tertiary/aromatic N) is 3. The van der Waals surface area contributed by atoms with Gasteiger partial charge in [-0.1, -0.05) is 82.2 Å². The van der Waals surface area contributed by atoms with Crippen LogP contribution in [0.1, 0.15) is 93.1 Å². The number of aromatic nitrogens is 3. The highest BCUT2D eigenvalue weighted by Gasteiger charge is 2.28. The van der Waals surface area contributed by atoms with E-state index in [1.165, 1.54) is 51.0 Å². The first-order valence-corrected chi connectivity index (χ1v) is 14.2. The van der Waals surface area contributed by atoms with E-state index in [0.717, 1.165) is 31.1 Å². The summed E-state index contributed by atoms with van der Waals surface area (Å²) in [5.41, 5.74) is 1.62. The molecule has 0 amide bonds. The Morgan fingerprint density at radius 3 is 2.32 bits per heavy atom. The summed E-state index contributed by atoms with van der Waals surface area (Å²) < 4.78 is 38.5. The minimum Gasteiger partial charge on any atom is -0.476 e. The van der Waals surface area contributed by atoms with Gasteiger partial charge in [-0.2, -0.15) is 13.9 Å². The molecule has 0 unspecified atom stereocenters. The lowest BCUT2D eigenvalue weighted by Crippen LogP contribution is -2.05. The van der Waals surface area contributed by atoms with Gasteiger partial charge in [0.1, 0.15) is 5.76 Å². The van der Waals surface area contributed by atoms with Crippen molar-refractivity contribution in [3.05, 3.63) is 78.0 Å². The van der Waals surface area contributed by atoms with E-state index in [1.807, 2.05) is 24.4 Å². The summed E-state index contributed by atoms with van der Waals surface area (Å²) >= 11 is 0. The Balaban J connectivity index is 0.000000260. The maximum atomic E-state index is 13.2. The molecule has 0 saturated carbocycles. The molecule has 0 aliphatic rings. The standard InChI is InChI=1S/C20H31F2N3O.C11H9NO3/c1-3-4-5-6-7-8-9-10-13-23-17-14-24-25(15-17)16-18-11-12-19(26-18)20(2,21)22;1-7-12-9(11(13)14)10(15-7)8-5-3-2-4-6-8/h11-12,14-15,23H,3-10,13,16H2,1-2H3;2-6H,1H3,(H,13,14). The smallest absolute Gasteiger partial charge is 0.358 e.